The third kappa shape index (κ3) is 99.7. The Hall–Kier alpha value is 0.610. The Kier molecular flexibility index (Phi) is 45.7. The first-order valence-corrected chi connectivity index (χ1v) is 11.5. The molecule has 0 unspecified atom stereocenters. The second kappa shape index (κ2) is 31.8. The van der Waals surface area contributed by atoms with Crippen molar-refractivity contribution in [2.75, 3.05) is 30.8 Å². The zero-order valence-electron chi connectivity index (χ0n) is 15.5. The summed E-state index contributed by atoms with van der Waals surface area (Å²) in [5.74, 6) is 7.68. The highest BCUT2D eigenvalue weighted by Gasteiger charge is 2.12. The van der Waals surface area contributed by atoms with Gasteiger partial charge in [-0.3, -0.25) is 0 Å². The summed E-state index contributed by atoms with van der Waals surface area (Å²) in [6.45, 7) is 12.4. The molecule has 0 N–H and O–H groups in total. The maximum absolute atomic E-state index is 2.68. The molecule has 3 heteroatoms. The van der Waals surface area contributed by atoms with Gasteiger partial charge in [0.15, 0.2) is 0 Å². The predicted molar refractivity (Wildman–Crippen MR) is 110 cm³/mol. The molecule has 20 heavy (non-hydrogen) atoms. The van der Waals surface area contributed by atoms with Gasteiger partial charge in [0.1, 0.15) is 0 Å². The molecule has 124 valence electrons. The molecule has 1 saturated carbocycles. The van der Waals surface area contributed by atoms with Crippen LogP contribution in [0.25, 0.3) is 0 Å². The summed E-state index contributed by atoms with van der Waals surface area (Å²) in [5, 5.41) is 0.801. The van der Waals surface area contributed by atoms with Crippen LogP contribution in [0.15, 0.2) is 0 Å². The summed E-state index contributed by atoms with van der Waals surface area (Å²) < 4.78 is 0. The van der Waals surface area contributed by atoms with Crippen LogP contribution in [-0.4, -0.2) is 36.0 Å². The van der Waals surface area contributed by atoms with Gasteiger partial charge in [0.05, 0.1) is 0 Å². The first-order chi connectivity index (χ1) is 9.41. The molecule has 0 spiro atoms. The average molecular weight is 339 g/mol. The van der Waals surface area contributed by atoms with Gasteiger partial charge in [-0.05, 0) is 55.8 Å². The van der Waals surface area contributed by atoms with Gasteiger partial charge in [0.2, 0.25) is 0 Å². The van der Waals surface area contributed by atoms with Crippen molar-refractivity contribution in [3.63, 3.8) is 0 Å². The molecule has 0 aliphatic heterocycles. The molecular formula is C17H38S3. The summed E-state index contributed by atoms with van der Waals surface area (Å²) in [6.07, 6.45) is 11.3. The topological polar surface area (TPSA) is 0 Å². The van der Waals surface area contributed by atoms with E-state index in [1.165, 1.54) is 18.6 Å². The Morgan fingerprint density at radius 1 is 1.00 bits per heavy atom. The van der Waals surface area contributed by atoms with Crippen molar-refractivity contribution in [1.29, 1.82) is 0 Å². The molecular weight excluding hydrogens is 300 g/mol. The third-order valence-corrected chi connectivity index (χ3v) is 3.40. The van der Waals surface area contributed by atoms with E-state index >= 15 is 0 Å². The minimum atomic E-state index is 0.801. The van der Waals surface area contributed by atoms with Crippen LogP contribution in [0.4, 0.5) is 0 Å². The normalized spacial score (nSPS) is 10.8. The van der Waals surface area contributed by atoms with Crippen LogP contribution in [0.5, 0.6) is 0 Å². The molecule has 0 heterocycles. The lowest BCUT2D eigenvalue weighted by Gasteiger charge is -1.90. The highest BCUT2D eigenvalue weighted by atomic mass is 32.2. The molecule has 0 saturated heterocycles. The molecule has 1 aliphatic carbocycles. The van der Waals surface area contributed by atoms with Gasteiger partial charge in [-0.25, -0.2) is 0 Å². The average Bonchev–Trinajstić information content (AvgIpc) is 3.23. The zero-order chi connectivity index (χ0) is 16.8. The standard InChI is InChI=1S/C4H10S.C4H8.C4H6.C3H8S.C2H6S/c1-4(2)5-3;1-4-2-3-4;2*1-3-4-2;1-3-2/h4H,1-3H3;4H,2-3H2,1H3;1-2H3;3H2,1-2H3;1-2H3. The second-order valence-corrected chi connectivity index (χ2v) is 7.84. The molecule has 0 aromatic rings. The van der Waals surface area contributed by atoms with Crippen LogP contribution in [0, 0.1) is 17.8 Å². The number of hydrogen-bond acceptors (Lipinski definition) is 3. The highest BCUT2D eigenvalue weighted by Crippen LogP contribution is 2.26. The summed E-state index contributed by atoms with van der Waals surface area (Å²) in [5.41, 5.74) is 0. The second-order valence-electron chi connectivity index (χ2n) is 4.45. The predicted octanol–water partition coefficient (Wildman–Crippen LogP) is 6.55. The van der Waals surface area contributed by atoms with E-state index in [-0.39, 0.29) is 0 Å². The third-order valence-electron chi connectivity index (χ3n) is 1.88. The lowest BCUT2D eigenvalue weighted by atomic mass is 10.5. The fourth-order valence-corrected chi connectivity index (χ4v) is 0.167. The molecule has 0 radical (unpaired) electrons. The molecule has 0 bridgehead atoms. The van der Waals surface area contributed by atoms with E-state index in [9.17, 15) is 0 Å². The van der Waals surface area contributed by atoms with Crippen LogP contribution in [0.2, 0.25) is 0 Å². The van der Waals surface area contributed by atoms with Crippen LogP contribution in [0.1, 0.15) is 54.4 Å². The molecule has 1 aliphatic rings. The van der Waals surface area contributed by atoms with Crippen molar-refractivity contribution in [1.82, 2.24) is 0 Å². The molecule has 1 rings (SSSR count). The summed E-state index contributed by atoms with van der Waals surface area (Å²) in [7, 11) is 0. The van der Waals surface area contributed by atoms with E-state index in [1.807, 2.05) is 49.9 Å². The van der Waals surface area contributed by atoms with Crippen molar-refractivity contribution in [3.05, 3.63) is 0 Å². The monoisotopic (exact) mass is 338 g/mol. The van der Waals surface area contributed by atoms with E-state index in [0.29, 0.717) is 0 Å². The summed E-state index contributed by atoms with van der Waals surface area (Å²) in [6, 6.07) is 0. The van der Waals surface area contributed by atoms with E-state index in [4.69, 9.17) is 0 Å². The van der Waals surface area contributed by atoms with Crippen LogP contribution in [-0.2, 0) is 0 Å². The molecule has 0 atom stereocenters. The summed E-state index contributed by atoms with van der Waals surface area (Å²) in [4.78, 5) is 0. The Morgan fingerprint density at radius 2 is 1.20 bits per heavy atom. The van der Waals surface area contributed by atoms with Gasteiger partial charge in [0.25, 0.3) is 0 Å². The number of rotatable bonds is 2. The Morgan fingerprint density at radius 3 is 1.20 bits per heavy atom. The van der Waals surface area contributed by atoms with Crippen molar-refractivity contribution < 1.29 is 0 Å². The van der Waals surface area contributed by atoms with Crippen LogP contribution < -0.4 is 0 Å². The lowest BCUT2D eigenvalue weighted by molar-refractivity contribution is 0.983. The van der Waals surface area contributed by atoms with Gasteiger partial charge >= 0.3 is 0 Å². The minimum absolute atomic E-state index is 0.801. The van der Waals surface area contributed by atoms with Crippen LogP contribution in [0.3, 0.4) is 0 Å². The fourth-order valence-electron chi connectivity index (χ4n) is 0.167. The van der Waals surface area contributed by atoms with Gasteiger partial charge in [0, 0.05) is 0 Å². The van der Waals surface area contributed by atoms with Gasteiger partial charge in [-0.15, -0.1) is 11.8 Å². The Balaban J connectivity index is -0.0000000807. The quantitative estimate of drug-likeness (QED) is 0.524. The largest absolute Gasteiger partial charge is 0.169 e. The molecule has 0 nitrogen and oxygen atoms in total. The fraction of sp³-hybridized carbons (Fsp3) is 0.882. The first kappa shape index (κ1) is 28.7. The number of hydrogen-bond donors (Lipinski definition) is 0. The zero-order valence-corrected chi connectivity index (χ0v) is 18.0. The van der Waals surface area contributed by atoms with Gasteiger partial charge < -0.3 is 0 Å². The molecule has 1 fully saturated rings. The van der Waals surface area contributed by atoms with E-state index < -0.39 is 0 Å². The van der Waals surface area contributed by atoms with Crippen LogP contribution >= 0.6 is 35.3 Å². The van der Waals surface area contributed by atoms with E-state index in [1.54, 1.807) is 11.8 Å². The molecule has 0 amide bonds. The van der Waals surface area contributed by atoms with Crippen molar-refractivity contribution in [2.24, 2.45) is 5.92 Å². The smallest absolute Gasteiger partial charge is 0.00125 e. The highest BCUT2D eigenvalue weighted by molar-refractivity contribution is 7.99. The minimum Gasteiger partial charge on any atom is -0.169 e. The lowest BCUT2D eigenvalue weighted by Crippen LogP contribution is -1.79. The van der Waals surface area contributed by atoms with Gasteiger partial charge in [-0.2, -0.15) is 35.3 Å². The summed E-state index contributed by atoms with van der Waals surface area (Å²) >= 11 is 5.49. The molecule has 0 aromatic heterocycles. The van der Waals surface area contributed by atoms with E-state index in [0.717, 1.165) is 11.2 Å². The van der Waals surface area contributed by atoms with Crippen molar-refractivity contribution in [2.45, 2.75) is 59.6 Å². The van der Waals surface area contributed by atoms with Gasteiger partial charge in [-0.1, -0.05) is 40.5 Å². The number of thioether (sulfide) groups is 3. The Bertz CT molecular complexity index is 168. The maximum atomic E-state index is 2.68. The van der Waals surface area contributed by atoms with E-state index in [2.05, 4.69) is 52.0 Å². The van der Waals surface area contributed by atoms with Crippen molar-refractivity contribution in [3.8, 4) is 11.8 Å². The maximum Gasteiger partial charge on any atom is -0.00125 e. The molecule has 0 aromatic carbocycles. The first-order valence-electron chi connectivity index (χ1n) is 7.16. The SMILES string of the molecule is CC#CC.CC1CC1.CCSC.CSC.CSC(C)C. The van der Waals surface area contributed by atoms with Crippen molar-refractivity contribution >= 4 is 35.3 Å². The Labute approximate surface area is 143 Å².